The number of amides is 3. The molecule has 3 N–H and O–H groups in total. The smallest absolute Gasteiger partial charge is 0.246 e. The Labute approximate surface area is 211 Å². The molecular formula is C28H33N3O5. The standard InChI is InChI=1S/C28H33N3O5/c1-27-14-15-28(36-27)22(21(27)24(33)30-20-12-6-3-7-13-20)26(35)31(16-8-9-17-32)23(28)25(34)29-18-19-10-4-2-5-11-19/h2-7,10-13,21-23,32H,8-9,14-18H2,1H3,(H,29,34)(H,30,33)/t21-,22-,23?,27+,28?/m0/s1. The first-order valence-corrected chi connectivity index (χ1v) is 12.7. The first-order chi connectivity index (χ1) is 17.4. The summed E-state index contributed by atoms with van der Waals surface area (Å²) in [5.41, 5.74) is -0.260. The molecule has 0 aromatic heterocycles. The molecule has 190 valence electrons. The summed E-state index contributed by atoms with van der Waals surface area (Å²) in [6.45, 7) is 2.56. The van der Waals surface area contributed by atoms with Crippen LogP contribution in [0.3, 0.4) is 0 Å². The summed E-state index contributed by atoms with van der Waals surface area (Å²) in [6, 6.07) is 17.9. The quantitative estimate of drug-likeness (QED) is 0.467. The Bertz CT molecular complexity index is 1130. The van der Waals surface area contributed by atoms with E-state index in [9.17, 15) is 19.5 Å². The van der Waals surface area contributed by atoms with Crippen LogP contribution >= 0.6 is 0 Å². The van der Waals surface area contributed by atoms with Crippen molar-refractivity contribution in [1.29, 1.82) is 0 Å². The number of anilines is 1. The van der Waals surface area contributed by atoms with Gasteiger partial charge in [0.2, 0.25) is 17.7 Å². The van der Waals surface area contributed by atoms with Gasteiger partial charge in [-0.05, 0) is 50.3 Å². The fourth-order valence-electron chi connectivity index (χ4n) is 6.38. The van der Waals surface area contributed by atoms with E-state index < -0.39 is 29.1 Å². The molecule has 2 unspecified atom stereocenters. The number of likely N-dealkylation sites (tertiary alicyclic amines) is 1. The number of para-hydroxylation sites is 1. The molecule has 3 aliphatic rings. The van der Waals surface area contributed by atoms with Crippen LogP contribution in [0.2, 0.25) is 0 Å². The molecule has 1 spiro atoms. The highest BCUT2D eigenvalue weighted by atomic mass is 16.5. The van der Waals surface area contributed by atoms with Gasteiger partial charge < -0.3 is 25.4 Å². The van der Waals surface area contributed by atoms with Crippen molar-refractivity contribution >= 4 is 23.4 Å². The topological polar surface area (TPSA) is 108 Å². The summed E-state index contributed by atoms with van der Waals surface area (Å²) in [5.74, 6) is -2.19. The number of aliphatic hydroxyl groups excluding tert-OH is 1. The minimum atomic E-state index is -1.05. The van der Waals surface area contributed by atoms with Gasteiger partial charge in [-0.2, -0.15) is 0 Å². The Hall–Kier alpha value is -3.23. The van der Waals surface area contributed by atoms with Gasteiger partial charge in [-0.3, -0.25) is 14.4 Å². The number of hydrogen-bond acceptors (Lipinski definition) is 5. The SMILES string of the molecule is C[C@]12CCC3(O1)C(C(=O)NCc1ccccc1)N(CCCCO)C(=O)[C@@H]3[C@H]2C(=O)Nc1ccccc1. The molecule has 5 atom stereocenters. The summed E-state index contributed by atoms with van der Waals surface area (Å²) in [4.78, 5) is 42.7. The maximum Gasteiger partial charge on any atom is 0.246 e. The molecule has 8 nitrogen and oxygen atoms in total. The Morgan fingerprint density at radius 3 is 2.42 bits per heavy atom. The number of carbonyl (C=O) groups is 3. The first kappa shape index (κ1) is 24.5. The maximum absolute atomic E-state index is 13.9. The summed E-state index contributed by atoms with van der Waals surface area (Å²) >= 11 is 0. The van der Waals surface area contributed by atoms with Gasteiger partial charge in [0.15, 0.2) is 0 Å². The molecule has 36 heavy (non-hydrogen) atoms. The lowest BCUT2D eigenvalue weighted by Gasteiger charge is -2.33. The van der Waals surface area contributed by atoms with Crippen molar-refractivity contribution < 1.29 is 24.2 Å². The molecule has 3 aliphatic heterocycles. The van der Waals surface area contributed by atoms with E-state index in [1.807, 2.05) is 67.6 Å². The van der Waals surface area contributed by atoms with Crippen LogP contribution in [-0.2, 0) is 25.7 Å². The number of unbranched alkanes of at least 4 members (excludes halogenated alkanes) is 1. The lowest BCUT2D eigenvalue weighted by atomic mass is 9.66. The minimum absolute atomic E-state index is 0.0121. The summed E-state index contributed by atoms with van der Waals surface area (Å²) in [5, 5.41) is 15.2. The second kappa shape index (κ2) is 9.67. The number of nitrogens with zero attached hydrogens (tertiary/aromatic N) is 1. The van der Waals surface area contributed by atoms with Crippen molar-refractivity contribution in [2.45, 2.75) is 56.4 Å². The van der Waals surface area contributed by atoms with Gasteiger partial charge in [-0.1, -0.05) is 48.5 Å². The average Bonchev–Trinajstić information content (AvgIpc) is 3.45. The van der Waals surface area contributed by atoms with Gasteiger partial charge in [-0.25, -0.2) is 0 Å². The van der Waals surface area contributed by atoms with Crippen LogP contribution in [0.5, 0.6) is 0 Å². The van der Waals surface area contributed by atoms with Crippen molar-refractivity contribution in [2.75, 3.05) is 18.5 Å². The zero-order valence-electron chi connectivity index (χ0n) is 20.5. The molecular weight excluding hydrogens is 458 g/mol. The molecule has 3 heterocycles. The molecule has 5 rings (SSSR count). The van der Waals surface area contributed by atoms with Gasteiger partial charge >= 0.3 is 0 Å². The average molecular weight is 492 g/mol. The molecule has 3 saturated heterocycles. The zero-order chi connectivity index (χ0) is 25.3. The Kier molecular flexibility index (Phi) is 6.57. The van der Waals surface area contributed by atoms with E-state index in [0.29, 0.717) is 44.5 Å². The van der Waals surface area contributed by atoms with E-state index in [0.717, 1.165) is 5.56 Å². The summed E-state index contributed by atoms with van der Waals surface area (Å²) < 4.78 is 6.60. The third kappa shape index (κ3) is 4.08. The number of ether oxygens (including phenoxy) is 1. The number of carbonyl (C=O) groups excluding carboxylic acids is 3. The highest BCUT2D eigenvalue weighted by Crippen LogP contribution is 2.63. The van der Waals surface area contributed by atoms with Crippen LogP contribution in [0.25, 0.3) is 0 Å². The Morgan fingerprint density at radius 1 is 1.03 bits per heavy atom. The number of fused-ring (bicyclic) bond motifs is 1. The molecule has 2 bridgehead atoms. The molecule has 0 radical (unpaired) electrons. The molecule has 0 saturated carbocycles. The fourth-order valence-corrected chi connectivity index (χ4v) is 6.38. The second-order valence-electron chi connectivity index (χ2n) is 10.2. The van der Waals surface area contributed by atoms with Gasteiger partial charge in [0.05, 0.1) is 17.4 Å². The van der Waals surface area contributed by atoms with Crippen LogP contribution in [0, 0.1) is 11.8 Å². The number of benzene rings is 2. The van der Waals surface area contributed by atoms with Crippen LogP contribution in [0.1, 0.15) is 38.2 Å². The third-order valence-corrected chi connectivity index (χ3v) is 7.97. The lowest BCUT2D eigenvalue weighted by Crippen LogP contribution is -2.55. The number of hydrogen-bond donors (Lipinski definition) is 3. The number of nitrogens with one attached hydrogen (secondary N) is 2. The van der Waals surface area contributed by atoms with E-state index in [1.54, 1.807) is 4.90 Å². The summed E-state index contributed by atoms with van der Waals surface area (Å²) in [7, 11) is 0. The lowest BCUT2D eigenvalue weighted by molar-refractivity contribution is -0.145. The third-order valence-electron chi connectivity index (χ3n) is 7.97. The normalized spacial score (nSPS) is 30.3. The minimum Gasteiger partial charge on any atom is -0.396 e. The molecule has 3 amide bonds. The molecule has 2 aromatic carbocycles. The predicted molar refractivity (Wildman–Crippen MR) is 134 cm³/mol. The van der Waals surface area contributed by atoms with Crippen LogP contribution in [0.4, 0.5) is 5.69 Å². The van der Waals surface area contributed by atoms with E-state index in [4.69, 9.17) is 4.74 Å². The predicted octanol–water partition coefficient (Wildman–Crippen LogP) is 2.48. The molecule has 2 aromatic rings. The van der Waals surface area contributed by atoms with Gasteiger partial charge in [0, 0.05) is 25.4 Å². The summed E-state index contributed by atoms with van der Waals surface area (Å²) in [6.07, 6.45) is 2.22. The monoisotopic (exact) mass is 491 g/mol. The van der Waals surface area contributed by atoms with Crippen molar-refractivity contribution in [3.63, 3.8) is 0 Å². The zero-order valence-corrected chi connectivity index (χ0v) is 20.5. The van der Waals surface area contributed by atoms with E-state index in [-0.39, 0.29) is 24.3 Å². The van der Waals surface area contributed by atoms with Crippen molar-refractivity contribution in [1.82, 2.24) is 10.2 Å². The molecule has 3 fully saturated rings. The fraction of sp³-hybridized carbons (Fsp3) is 0.464. The first-order valence-electron chi connectivity index (χ1n) is 12.7. The van der Waals surface area contributed by atoms with Gasteiger partial charge in [-0.15, -0.1) is 0 Å². The van der Waals surface area contributed by atoms with Crippen molar-refractivity contribution in [2.24, 2.45) is 11.8 Å². The maximum atomic E-state index is 13.9. The Balaban J connectivity index is 1.44. The van der Waals surface area contributed by atoms with Crippen molar-refractivity contribution in [3.05, 3.63) is 66.2 Å². The second-order valence-corrected chi connectivity index (χ2v) is 10.2. The van der Waals surface area contributed by atoms with E-state index in [2.05, 4.69) is 10.6 Å². The Morgan fingerprint density at radius 2 is 1.72 bits per heavy atom. The van der Waals surface area contributed by atoms with Crippen LogP contribution in [0.15, 0.2) is 60.7 Å². The largest absolute Gasteiger partial charge is 0.396 e. The van der Waals surface area contributed by atoms with Crippen LogP contribution < -0.4 is 10.6 Å². The molecule has 8 heteroatoms. The van der Waals surface area contributed by atoms with E-state index >= 15 is 0 Å². The van der Waals surface area contributed by atoms with Crippen molar-refractivity contribution in [3.8, 4) is 0 Å². The van der Waals surface area contributed by atoms with E-state index in [1.165, 1.54) is 0 Å². The van der Waals surface area contributed by atoms with Gasteiger partial charge in [0.25, 0.3) is 0 Å². The van der Waals surface area contributed by atoms with Crippen LogP contribution in [-0.4, -0.2) is 58.1 Å². The number of aliphatic hydroxyl groups is 1. The highest BCUT2D eigenvalue weighted by Gasteiger charge is 2.77. The highest BCUT2D eigenvalue weighted by molar-refractivity contribution is 6.02. The number of rotatable bonds is 9. The van der Waals surface area contributed by atoms with Gasteiger partial charge in [0.1, 0.15) is 11.6 Å². The molecule has 0 aliphatic carbocycles.